The number of nitrogens with zero attached hydrogens (tertiary/aromatic N) is 2. The summed E-state index contributed by atoms with van der Waals surface area (Å²) < 4.78 is 0. The quantitative estimate of drug-likeness (QED) is 0.602. The molecular formula is C23H28N4O. The molecule has 3 aromatic rings. The number of carbonyl (C=O) groups excluding carboxylic acids is 1. The van der Waals surface area contributed by atoms with Crippen molar-refractivity contribution in [3.8, 4) is 0 Å². The van der Waals surface area contributed by atoms with Crippen LogP contribution in [0.4, 0.5) is 0 Å². The first-order valence-electron chi connectivity index (χ1n) is 9.73. The van der Waals surface area contributed by atoms with Gasteiger partial charge < -0.3 is 16.0 Å². The van der Waals surface area contributed by atoms with Crippen LogP contribution in [0.3, 0.4) is 0 Å². The van der Waals surface area contributed by atoms with E-state index in [1.165, 1.54) is 16.5 Å². The van der Waals surface area contributed by atoms with Gasteiger partial charge in [0.05, 0.1) is 6.54 Å². The zero-order valence-electron chi connectivity index (χ0n) is 16.3. The lowest BCUT2D eigenvalue weighted by molar-refractivity contribution is -0.130. The number of hydrogen-bond acceptors (Lipinski definition) is 4. The minimum Gasteiger partial charge on any atom is -0.340 e. The second kappa shape index (κ2) is 9.97. The Morgan fingerprint density at radius 2 is 1.93 bits per heavy atom. The molecule has 0 spiro atoms. The van der Waals surface area contributed by atoms with Crippen molar-refractivity contribution in [3.63, 3.8) is 0 Å². The number of fused-ring (bicyclic) bond motifs is 1. The molecule has 0 aliphatic rings. The van der Waals surface area contributed by atoms with Crippen LogP contribution in [0.1, 0.15) is 18.1 Å². The number of nitrogens with two attached hydrogens (primary N) is 1. The highest BCUT2D eigenvalue weighted by Crippen LogP contribution is 2.14. The zero-order chi connectivity index (χ0) is 19.8. The number of aromatic nitrogens is 1. The monoisotopic (exact) mass is 376 g/mol. The van der Waals surface area contributed by atoms with E-state index in [9.17, 15) is 4.79 Å². The van der Waals surface area contributed by atoms with E-state index >= 15 is 0 Å². The fourth-order valence-corrected chi connectivity index (χ4v) is 3.29. The number of hydrogen-bond donors (Lipinski definition) is 2. The van der Waals surface area contributed by atoms with Crippen molar-refractivity contribution in [3.05, 3.63) is 78.1 Å². The molecule has 28 heavy (non-hydrogen) atoms. The Morgan fingerprint density at radius 1 is 1.11 bits per heavy atom. The molecule has 1 heterocycles. The summed E-state index contributed by atoms with van der Waals surface area (Å²) in [6.07, 6.45) is 4.52. The van der Waals surface area contributed by atoms with Crippen LogP contribution in [0.15, 0.2) is 67.0 Å². The van der Waals surface area contributed by atoms with Gasteiger partial charge >= 0.3 is 0 Å². The number of amides is 1. The van der Waals surface area contributed by atoms with Gasteiger partial charge in [0.25, 0.3) is 0 Å². The van der Waals surface area contributed by atoms with Crippen molar-refractivity contribution in [2.75, 3.05) is 19.6 Å². The Hall–Kier alpha value is -2.76. The molecule has 1 aromatic heterocycles. The van der Waals surface area contributed by atoms with Gasteiger partial charge in [-0.25, -0.2) is 0 Å². The molecule has 3 N–H and O–H groups in total. The smallest absolute Gasteiger partial charge is 0.236 e. The molecule has 146 valence electrons. The Balaban J connectivity index is 1.54. The van der Waals surface area contributed by atoms with Crippen LogP contribution in [0.25, 0.3) is 10.8 Å². The maximum absolute atomic E-state index is 12.3. The molecule has 0 aliphatic carbocycles. The van der Waals surface area contributed by atoms with Crippen LogP contribution in [-0.2, 0) is 17.8 Å². The fraction of sp³-hybridized carbons (Fsp3) is 0.304. The summed E-state index contributed by atoms with van der Waals surface area (Å²) >= 11 is 0. The minimum absolute atomic E-state index is 0.0113. The lowest BCUT2D eigenvalue weighted by Crippen LogP contribution is -2.45. The van der Waals surface area contributed by atoms with Gasteiger partial charge in [-0.15, -0.1) is 0 Å². The van der Waals surface area contributed by atoms with Crippen molar-refractivity contribution in [1.82, 2.24) is 15.2 Å². The summed E-state index contributed by atoms with van der Waals surface area (Å²) in [4.78, 5) is 18.3. The van der Waals surface area contributed by atoms with E-state index < -0.39 is 0 Å². The molecule has 0 fully saturated rings. The molecule has 0 aliphatic heterocycles. The van der Waals surface area contributed by atoms with Crippen LogP contribution in [0.2, 0.25) is 0 Å². The van der Waals surface area contributed by atoms with Crippen LogP contribution in [0.5, 0.6) is 0 Å². The molecule has 0 saturated heterocycles. The molecule has 5 nitrogen and oxygen atoms in total. The van der Waals surface area contributed by atoms with Crippen molar-refractivity contribution in [1.29, 1.82) is 0 Å². The Morgan fingerprint density at radius 3 is 2.71 bits per heavy atom. The fourth-order valence-electron chi connectivity index (χ4n) is 3.29. The van der Waals surface area contributed by atoms with E-state index in [0.29, 0.717) is 13.1 Å². The largest absolute Gasteiger partial charge is 0.340 e. The summed E-state index contributed by atoms with van der Waals surface area (Å²) in [5, 5.41) is 5.84. The van der Waals surface area contributed by atoms with Crippen LogP contribution >= 0.6 is 0 Å². The Kier molecular flexibility index (Phi) is 7.12. The number of nitrogens with one attached hydrogen (secondary N) is 1. The average Bonchev–Trinajstić information content (AvgIpc) is 2.75. The van der Waals surface area contributed by atoms with E-state index in [0.717, 1.165) is 18.4 Å². The molecule has 2 aromatic carbocycles. The first-order valence-corrected chi connectivity index (χ1v) is 9.73. The van der Waals surface area contributed by atoms with E-state index in [-0.39, 0.29) is 18.5 Å². The second-order valence-electron chi connectivity index (χ2n) is 7.12. The third-order valence-corrected chi connectivity index (χ3v) is 4.89. The third-order valence-electron chi connectivity index (χ3n) is 4.89. The van der Waals surface area contributed by atoms with E-state index in [2.05, 4.69) is 47.6 Å². The van der Waals surface area contributed by atoms with Gasteiger partial charge in [-0.1, -0.05) is 42.5 Å². The molecular weight excluding hydrogens is 348 g/mol. The Bertz CT molecular complexity index is 897. The number of carbonyl (C=O) groups is 1. The summed E-state index contributed by atoms with van der Waals surface area (Å²) in [7, 11) is 0. The highest BCUT2D eigenvalue weighted by molar-refractivity contribution is 5.82. The van der Waals surface area contributed by atoms with Crippen LogP contribution in [-0.4, -0.2) is 41.5 Å². The lowest BCUT2D eigenvalue weighted by Gasteiger charge is -2.26. The molecule has 1 amide bonds. The second-order valence-corrected chi connectivity index (χ2v) is 7.12. The summed E-state index contributed by atoms with van der Waals surface area (Å²) in [6, 6.07) is 18.8. The van der Waals surface area contributed by atoms with Gasteiger partial charge in [-0.2, -0.15) is 0 Å². The molecule has 0 saturated carbocycles. The van der Waals surface area contributed by atoms with Crippen molar-refractivity contribution >= 4 is 16.7 Å². The van der Waals surface area contributed by atoms with Gasteiger partial charge in [-0.05, 0) is 42.0 Å². The molecule has 1 atom stereocenters. The van der Waals surface area contributed by atoms with Crippen molar-refractivity contribution in [2.24, 2.45) is 5.73 Å². The Labute approximate surface area is 166 Å². The third kappa shape index (κ3) is 5.62. The zero-order valence-corrected chi connectivity index (χ0v) is 16.3. The highest BCUT2D eigenvalue weighted by Gasteiger charge is 2.15. The maximum Gasteiger partial charge on any atom is 0.236 e. The first-order chi connectivity index (χ1) is 13.7. The van der Waals surface area contributed by atoms with Crippen LogP contribution in [0, 0.1) is 0 Å². The molecule has 0 bridgehead atoms. The average molecular weight is 377 g/mol. The number of pyridine rings is 1. The first kappa shape index (κ1) is 20.0. The summed E-state index contributed by atoms with van der Waals surface area (Å²) in [5.74, 6) is -0.0113. The van der Waals surface area contributed by atoms with E-state index in [1.54, 1.807) is 0 Å². The predicted octanol–water partition coefficient (Wildman–Crippen LogP) is 2.74. The standard InChI is InChI=1S/C23H28N4O/c1-18(26-15-20-7-8-22-16-25-11-9-21(22)13-20)17-27(23(28)14-24)12-10-19-5-3-2-4-6-19/h2-9,11,13,16,18,26H,10,12,14-15,17,24H2,1H3/t18-/m1/s1. The molecule has 0 unspecified atom stereocenters. The van der Waals surface area contributed by atoms with Crippen molar-refractivity contribution < 1.29 is 4.79 Å². The van der Waals surface area contributed by atoms with Gasteiger partial charge in [0.2, 0.25) is 5.91 Å². The topological polar surface area (TPSA) is 71.2 Å². The number of rotatable bonds is 9. The molecule has 0 radical (unpaired) electrons. The van der Waals surface area contributed by atoms with Gasteiger partial charge in [0.15, 0.2) is 0 Å². The van der Waals surface area contributed by atoms with Gasteiger partial charge in [0.1, 0.15) is 0 Å². The summed E-state index contributed by atoms with van der Waals surface area (Å²) in [5.41, 5.74) is 8.06. The van der Waals surface area contributed by atoms with Crippen molar-refractivity contribution in [2.45, 2.75) is 25.9 Å². The minimum atomic E-state index is -0.0113. The molecule has 3 rings (SSSR count). The maximum atomic E-state index is 12.3. The molecule has 5 heteroatoms. The van der Waals surface area contributed by atoms with Gasteiger partial charge in [0, 0.05) is 43.5 Å². The SMILES string of the molecule is C[C@H](CN(CCc1ccccc1)C(=O)CN)NCc1ccc2cnccc2c1. The van der Waals surface area contributed by atoms with Crippen LogP contribution < -0.4 is 11.1 Å². The highest BCUT2D eigenvalue weighted by atomic mass is 16.2. The lowest BCUT2D eigenvalue weighted by atomic mass is 10.1. The van der Waals surface area contributed by atoms with Gasteiger partial charge in [-0.3, -0.25) is 9.78 Å². The normalized spacial score (nSPS) is 12.1. The van der Waals surface area contributed by atoms with E-state index in [4.69, 9.17) is 5.73 Å². The number of benzene rings is 2. The predicted molar refractivity (Wildman–Crippen MR) is 114 cm³/mol. The van der Waals surface area contributed by atoms with E-state index in [1.807, 2.05) is 41.6 Å². The summed E-state index contributed by atoms with van der Waals surface area (Å²) in [6.45, 7) is 4.21.